The molecule has 1 amide bonds. The van der Waals surface area contributed by atoms with Gasteiger partial charge < -0.3 is 15.5 Å². The second-order valence-electron chi connectivity index (χ2n) is 9.66. The summed E-state index contributed by atoms with van der Waals surface area (Å²) in [6.45, 7) is 4.35. The maximum atomic E-state index is 14.2. The first-order valence-electron chi connectivity index (χ1n) is 12.2. The van der Waals surface area contributed by atoms with Gasteiger partial charge in [-0.3, -0.25) is 9.69 Å². The van der Waals surface area contributed by atoms with E-state index in [9.17, 15) is 22.4 Å². The summed E-state index contributed by atoms with van der Waals surface area (Å²) in [6.07, 6.45) is 2.86. The molecule has 0 unspecified atom stereocenters. The molecule has 2 aliphatic heterocycles. The first kappa shape index (κ1) is 24.3. The summed E-state index contributed by atoms with van der Waals surface area (Å²) in [7, 11) is 0. The molecule has 1 aliphatic carbocycles. The Kier molecular flexibility index (Phi) is 7.79. The molecule has 1 aromatic carbocycles. The van der Waals surface area contributed by atoms with E-state index >= 15 is 0 Å². The van der Waals surface area contributed by atoms with E-state index in [1.165, 1.54) is 0 Å². The third-order valence-corrected chi connectivity index (χ3v) is 7.41. The predicted octanol–water partition coefficient (Wildman–Crippen LogP) is 3.78. The number of nitrogens with one attached hydrogen (secondary N) is 2. The van der Waals surface area contributed by atoms with Gasteiger partial charge in [0, 0.05) is 32.2 Å². The summed E-state index contributed by atoms with van der Waals surface area (Å²) in [5, 5.41) is 6.45. The monoisotopic (exact) mass is 470 g/mol. The summed E-state index contributed by atoms with van der Waals surface area (Å²) in [5.41, 5.74) is -0.773. The average molecular weight is 471 g/mol. The van der Waals surface area contributed by atoms with Crippen LogP contribution in [0.25, 0.3) is 0 Å². The first-order chi connectivity index (χ1) is 15.8. The molecule has 4 rings (SSSR count). The van der Waals surface area contributed by atoms with Gasteiger partial charge in [0.05, 0.1) is 17.3 Å². The van der Waals surface area contributed by atoms with E-state index in [1.807, 2.05) is 0 Å². The zero-order valence-electron chi connectivity index (χ0n) is 19.0. The first-order valence-corrected chi connectivity index (χ1v) is 12.2. The van der Waals surface area contributed by atoms with E-state index in [-0.39, 0.29) is 23.7 Å². The number of amides is 1. The van der Waals surface area contributed by atoms with Crippen LogP contribution in [0.3, 0.4) is 0 Å². The van der Waals surface area contributed by atoms with Gasteiger partial charge in [0.1, 0.15) is 5.82 Å². The normalized spacial score (nSPS) is 27.0. The smallest absolute Gasteiger partial charge is 0.367 e. The molecule has 3 fully saturated rings. The minimum absolute atomic E-state index is 0.0224. The summed E-state index contributed by atoms with van der Waals surface area (Å²) in [4.78, 5) is 16.3. The van der Waals surface area contributed by atoms with Gasteiger partial charge in [-0.15, -0.1) is 0 Å². The number of benzene rings is 1. The maximum absolute atomic E-state index is 14.2. The van der Waals surface area contributed by atoms with Crippen molar-refractivity contribution in [3.8, 4) is 0 Å². The van der Waals surface area contributed by atoms with Crippen LogP contribution in [-0.2, 0) is 11.0 Å². The van der Waals surface area contributed by atoms with E-state index < -0.39 is 17.6 Å². The molecule has 5 nitrogen and oxygen atoms in total. The summed E-state index contributed by atoms with van der Waals surface area (Å²) < 4.78 is 53.1. The lowest BCUT2D eigenvalue weighted by Crippen LogP contribution is -2.47. The van der Waals surface area contributed by atoms with Crippen LogP contribution in [0, 0.1) is 11.7 Å². The topological polar surface area (TPSA) is 47.6 Å². The van der Waals surface area contributed by atoms with E-state index in [1.54, 1.807) is 4.90 Å². The van der Waals surface area contributed by atoms with Crippen LogP contribution >= 0.6 is 0 Å². The van der Waals surface area contributed by atoms with E-state index in [0.29, 0.717) is 19.0 Å². The highest BCUT2D eigenvalue weighted by molar-refractivity contribution is 5.82. The lowest BCUT2D eigenvalue weighted by Gasteiger charge is -2.37. The third kappa shape index (κ3) is 6.38. The number of hydrogen-bond acceptors (Lipinski definition) is 4. The Balaban J connectivity index is 1.17. The third-order valence-electron chi connectivity index (χ3n) is 7.41. The van der Waals surface area contributed by atoms with Gasteiger partial charge in [-0.25, -0.2) is 4.39 Å². The van der Waals surface area contributed by atoms with Gasteiger partial charge >= 0.3 is 6.18 Å². The Bertz CT molecular complexity index is 796. The van der Waals surface area contributed by atoms with Crippen molar-refractivity contribution in [2.75, 3.05) is 44.2 Å². The SMILES string of the molecule is O=C(NC1CCC(CCN2CCN(c3cc(C(F)(F)F)ccc3F)CC2)CC1)[C@@H]1CCCN1. The summed E-state index contributed by atoms with van der Waals surface area (Å²) >= 11 is 0. The fourth-order valence-electron chi connectivity index (χ4n) is 5.31. The molecule has 2 saturated heterocycles. The van der Waals surface area contributed by atoms with Gasteiger partial charge in [-0.05, 0) is 82.2 Å². The Hall–Kier alpha value is -1.87. The highest BCUT2D eigenvalue weighted by atomic mass is 19.4. The van der Waals surface area contributed by atoms with Crippen molar-refractivity contribution >= 4 is 11.6 Å². The number of hydrogen-bond donors (Lipinski definition) is 2. The molecule has 0 aromatic heterocycles. The van der Waals surface area contributed by atoms with E-state index in [4.69, 9.17) is 0 Å². The molecule has 33 heavy (non-hydrogen) atoms. The van der Waals surface area contributed by atoms with Crippen molar-refractivity contribution < 1.29 is 22.4 Å². The second kappa shape index (κ2) is 10.6. The van der Waals surface area contributed by atoms with Gasteiger partial charge in [-0.1, -0.05) is 0 Å². The highest BCUT2D eigenvalue weighted by Gasteiger charge is 2.32. The molecule has 1 saturated carbocycles. The Labute approximate surface area is 192 Å². The number of halogens is 4. The molecule has 9 heteroatoms. The molecule has 2 N–H and O–H groups in total. The largest absolute Gasteiger partial charge is 0.416 e. The molecular weight excluding hydrogens is 436 g/mol. The number of nitrogens with zero attached hydrogens (tertiary/aromatic N) is 2. The van der Waals surface area contributed by atoms with Crippen LogP contribution < -0.4 is 15.5 Å². The van der Waals surface area contributed by atoms with Gasteiger partial charge in [0.15, 0.2) is 0 Å². The number of anilines is 1. The zero-order valence-corrected chi connectivity index (χ0v) is 19.0. The molecular formula is C24H34F4N4O. The molecule has 1 atom stereocenters. The number of rotatable bonds is 6. The molecule has 0 radical (unpaired) electrons. The van der Waals surface area contributed by atoms with Crippen molar-refractivity contribution in [3.63, 3.8) is 0 Å². The minimum Gasteiger partial charge on any atom is -0.367 e. The summed E-state index contributed by atoms with van der Waals surface area (Å²) in [6, 6.07) is 2.88. The quantitative estimate of drug-likeness (QED) is 0.622. The van der Waals surface area contributed by atoms with Crippen LogP contribution in [0.2, 0.25) is 0 Å². The number of carbonyl (C=O) groups excluding carboxylic acids is 1. The van der Waals surface area contributed by atoms with Gasteiger partial charge in [0.25, 0.3) is 0 Å². The van der Waals surface area contributed by atoms with E-state index in [2.05, 4.69) is 15.5 Å². The van der Waals surface area contributed by atoms with Gasteiger partial charge in [-0.2, -0.15) is 13.2 Å². The predicted molar refractivity (Wildman–Crippen MR) is 120 cm³/mol. The van der Waals surface area contributed by atoms with Crippen LogP contribution in [0.5, 0.6) is 0 Å². The van der Waals surface area contributed by atoms with Crippen molar-refractivity contribution in [1.82, 2.24) is 15.5 Å². The lowest BCUT2D eigenvalue weighted by molar-refractivity contribution is -0.137. The van der Waals surface area contributed by atoms with Crippen LogP contribution in [-0.4, -0.2) is 62.2 Å². The van der Waals surface area contributed by atoms with Crippen molar-refractivity contribution in [2.45, 2.75) is 63.2 Å². The highest BCUT2D eigenvalue weighted by Crippen LogP contribution is 2.33. The van der Waals surface area contributed by atoms with Crippen molar-refractivity contribution in [3.05, 3.63) is 29.6 Å². The standard InChI is InChI=1S/C24H34F4N4O/c25-20-8-5-18(24(26,27)28)16-22(20)32-14-12-31(13-15-32)11-9-17-3-6-19(7-4-17)30-23(33)21-2-1-10-29-21/h5,8,16-17,19,21,29H,1-4,6-7,9-15H2,(H,30,33)/t17?,19?,21-/m0/s1. The van der Waals surface area contributed by atoms with E-state index in [0.717, 1.165) is 89.3 Å². The van der Waals surface area contributed by atoms with Crippen molar-refractivity contribution in [1.29, 1.82) is 0 Å². The Morgan fingerprint density at radius 3 is 2.42 bits per heavy atom. The molecule has 184 valence electrons. The Morgan fingerprint density at radius 1 is 1.06 bits per heavy atom. The second-order valence-corrected chi connectivity index (χ2v) is 9.66. The minimum atomic E-state index is -4.47. The molecule has 1 aromatic rings. The fourth-order valence-corrected chi connectivity index (χ4v) is 5.31. The Morgan fingerprint density at radius 2 is 1.79 bits per heavy atom. The number of carbonyl (C=O) groups is 1. The molecule has 2 heterocycles. The summed E-state index contributed by atoms with van der Waals surface area (Å²) in [5.74, 6) is 0.178. The molecule has 3 aliphatic rings. The van der Waals surface area contributed by atoms with Gasteiger partial charge in [0.2, 0.25) is 5.91 Å². The number of alkyl halides is 3. The molecule has 0 spiro atoms. The van der Waals surface area contributed by atoms with Crippen LogP contribution in [0.1, 0.15) is 50.5 Å². The molecule has 0 bridgehead atoms. The van der Waals surface area contributed by atoms with Crippen LogP contribution in [0.4, 0.5) is 23.2 Å². The lowest BCUT2D eigenvalue weighted by atomic mass is 9.84. The average Bonchev–Trinajstić information content (AvgIpc) is 3.34. The van der Waals surface area contributed by atoms with Crippen LogP contribution in [0.15, 0.2) is 18.2 Å². The fraction of sp³-hybridized carbons (Fsp3) is 0.708. The number of piperazine rings is 1. The maximum Gasteiger partial charge on any atom is 0.416 e. The zero-order chi connectivity index (χ0) is 23.4. The van der Waals surface area contributed by atoms with Crippen molar-refractivity contribution in [2.24, 2.45) is 5.92 Å².